The number of ether oxygens (including phenoxy) is 1. The number of aryl methyl sites for hydroxylation is 1. The number of carbonyl (C=O) groups is 2. The van der Waals surface area contributed by atoms with Crippen LogP contribution in [0.4, 0.5) is 0 Å². The summed E-state index contributed by atoms with van der Waals surface area (Å²) in [7, 11) is 1.38. The average molecular weight is 460 g/mol. The Labute approximate surface area is 193 Å². The number of piperidine rings is 1. The average Bonchev–Trinajstić information content (AvgIpc) is 2.81. The molecule has 0 bridgehead atoms. The molecule has 1 aromatic heterocycles. The van der Waals surface area contributed by atoms with Gasteiger partial charge in [0, 0.05) is 36.2 Å². The van der Waals surface area contributed by atoms with Crippen LogP contribution in [0.2, 0.25) is 5.02 Å². The summed E-state index contributed by atoms with van der Waals surface area (Å²) >= 11 is 5.98. The molecule has 0 atom stereocenters. The maximum Gasteiger partial charge on any atom is 0.308 e. The van der Waals surface area contributed by atoms with Crippen LogP contribution in [-0.2, 0) is 27.3 Å². The van der Waals surface area contributed by atoms with E-state index in [1.54, 1.807) is 17.0 Å². The zero-order valence-electron chi connectivity index (χ0n) is 18.7. The third kappa shape index (κ3) is 5.97. The predicted octanol–water partition coefficient (Wildman–Crippen LogP) is 3.71. The second kappa shape index (κ2) is 11.3. The van der Waals surface area contributed by atoms with Crippen LogP contribution in [-0.4, -0.2) is 46.5 Å². The lowest BCUT2D eigenvalue weighted by Crippen LogP contribution is -2.43. The number of carbonyl (C=O) groups excluding carboxylic acids is 2. The number of hydrogen-bond acceptors (Lipinski definition) is 5. The first-order valence-electron chi connectivity index (χ1n) is 11.1. The number of methoxy groups -OCH3 is 1. The van der Waals surface area contributed by atoms with E-state index in [1.807, 2.05) is 12.1 Å². The Morgan fingerprint density at radius 2 is 1.84 bits per heavy atom. The van der Waals surface area contributed by atoms with Crippen LogP contribution >= 0.6 is 11.6 Å². The van der Waals surface area contributed by atoms with E-state index in [0.717, 1.165) is 24.8 Å². The van der Waals surface area contributed by atoms with Gasteiger partial charge in [-0.25, -0.2) is 4.98 Å². The monoisotopic (exact) mass is 459 g/mol. The molecule has 0 spiro atoms. The van der Waals surface area contributed by atoms with E-state index in [0.29, 0.717) is 48.9 Å². The number of nitrogens with zero attached hydrogens (tertiary/aromatic N) is 3. The zero-order chi connectivity index (χ0) is 23.1. The summed E-state index contributed by atoms with van der Waals surface area (Å²) in [6.45, 7) is 3.03. The molecule has 0 N–H and O–H groups in total. The van der Waals surface area contributed by atoms with Gasteiger partial charge in [0.25, 0.3) is 5.56 Å². The van der Waals surface area contributed by atoms with Gasteiger partial charge in [0.05, 0.1) is 18.7 Å². The normalized spacial score (nSPS) is 14.4. The van der Waals surface area contributed by atoms with Gasteiger partial charge in [0.1, 0.15) is 12.4 Å². The van der Waals surface area contributed by atoms with E-state index in [4.69, 9.17) is 21.3 Å². The molecule has 2 aromatic rings. The van der Waals surface area contributed by atoms with Crippen LogP contribution in [0.3, 0.4) is 0 Å². The van der Waals surface area contributed by atoms with Gasteiger partial charge in [0.2, 0.25) is 5.91 Å². The maximum absolute atomic E-state index is 13.0. The second-order valence-electron chi connectivity index (χ2n) is 8.12. The number of unbranched alkanes of at least 4 members (excludes halogenated alkanes) is 2. The van der Waals surface area contributed by atoms with E-state index in [1.165, 1.54) is 17.7 Å². The van der Waals surface area contributed by atoms with Crippen molar-refractivity contribution in [2.75, 3.05) is 20.2 Å². The Morgan fingerprint density at radius 3 is 2.47 bits per heavy atom. The fraction of sp³-hybridized carbons (Fsp3) is 0.500. The lowest BCUT2D eigenvalue weighted by atomic mass is 9.97. The van der Waals surface area contributed by atoms with Gasteiger partial charge in [-0.1, -0.05) is 43.5 Å². The molecule has 172 valence electrons. The fourth-order valence-corrected chi connectivity index (χ4v) is 4.11. The van der Waals surface area contributed by atoms with Crippen LogP contribution in [0.5, 0.6) is 0 Å². The van der Waals surface area contributed by atoms with E-state index in [2.05, 4.69) is 6.92 Å². The standard InChI is InChI=1S/C24H30ClN3O4/c1-3-4-5-6-21-26-20(17-7-9-19(25)10-8-17)15-22(29)28(21)16-23(30)27-13-11-18(12-14-27)24(31)32-2/h7-10,15,18H,3-6,11-14,16H2,1-2H3. The van der Waals surface area contributed by atoms with Crippen molar-refractivity contribution in [1.29, 1.82) is 0 Å². The van der Waals surface area contributed by atoms with Crippen molar-refractivity contribution in [3.8, 4) is 11.3 Å². The number of esters is 1. The summed E-state index contributed by atoms with van der Waals surface area (Å²) < 4.78 is 6.30. The highest BCUT2D eigenvalue weighted by molar-refractivity contribution is 6.30. The Kier molecular flexibility index (Phi) is 8.45. The SMILES string of the molecule is CCCCCc1nc(-c2ccc(Cl)cc2)cc(=O)n1CC(=O)N1CCC(C(=O)OC)CC1. The molecular formula is C24H30ClN3O4. The Balaban J connectivity index is 1.80. The first kappa shape index (κ1) is 24.0. The minimum absolute atomic E-state index is 0.0446. The third-order valence-corrected chi connectivity index (χ3v) is 6.16. The van der Waals surface area contributed by atoms with Crippen molar-refractivity contribution in [2.24, 2.45) is 5.92 Å². The first-order valence-corrected chi connectivity index (χ1v) is 11.5. The minimum atomic E-state index is -0.241. The van der Waals surface area contributed by atoms with Crippen LogP contribution in [0, 0.1) is 5.92 Å². The van der Waals surface area contributed by atoms with Crippen LogP contribution < -0.4 is 5.56 Å². The molecule has 1 saturated heterocycles. The topological polar surface area (TPSA) is 81.5 Å². The van der Waals surface area contributed by atoms with Crippen molar-refractivity contribution in [3.63, 3.8) is 0 Å². The fourth-order valence-electron chi connectivity index (χ4n) is 3.98. The van der Waals surface area contributed by atoms with Gasteiger partial charge in [-0.2, -0.15) is 0 Å². The van der Waals surface area contributed by atoms with Gasteiger partial charge >= 0.3 is 5.97 Å². The van der Waals surface area contributed by atoms with Crippen molar-refractivity contribution < 1.29 is 14.3 Å². The number of rotatable bonds is 8. The molecule has 1 aromatic carbocycles. The number of halogens is 1. The van der Waals surface area contributed by atoms with Crippen LogP contribution in [0.25, 0.3) is 11.3 Å². The highest BCUT2D eigenvalue weighted by Crippen LogP contribution is 2.21. The molecule has 0 radical (unpaired) electrons. The molecule has 3 rings (SSSR count). The molecule has 1 amide bonds. The van der Waals surface area contributed by atoms with E-state index < -0.39 is 0 Å². The largest absolute Gasteiger partial charge is 0.469 e. The highest BCUT2D eigenvalue weighted by atomic mass is 35.5. The number of aromatic nitrogens is 2. The molecule has 0 aliphatic carbocycles. The predicted molar refractivity (Wildman–Crippen MR) is 123 cm³/mol. The highest BCUT2D eigenvalue weighted by Gasteiger charge is 2.28. The summed E-state index contributed by atoms with van der Waals surface area (Å²) in [4.78, 5) is 44.1. The number of likely N-dealkylation sites (tertiary alicyclic amines) is 1. The molecule has 7 nitrogen and oxygen atoms in total. The quantitative estimate of drug-likeness (QED) is 0.444. The van der Waals surface area contributed by atoms with Gasteiger partial charge in [-0.15, -0.1) is 0 Å². The number of hydrogen-bond donors (Lipinski definition) is 0. The van der Waals surface area contributed by atoms with Crippen molar-refractivity contribution >= 4 is 23.5 Å². The molecule has 32 heavy (non-hydrogen) atoms. The van der Waals surface area contributed by atoms with Crippen molar-refractivity contribution in [3.05, 3.63) is 51.5 Å². The van der Waals surface area contributed by atoms with Crippen molar-refractivity contribution in [1.82, 2.24) is 14.5 Å². The Morgan fingerprint density at radius 1 is 1.16 bits per heavy atom. The van der Waals surface area contributed by atoms with Gasteiger partial charge in [-0.05, 0) is 31.4 Å². The molecular weight excluding hydrogens is 430 g/mol. The minimum Gasteiger partial charge on any atom is -0.469 e. The van der Waals surface area contributed by atoms with Crippen molar-refractivity contribution in [2.45, 2.75) is 52.0 Å². The third-order valence-electron chi connectivity index (χ3n) is 5.91. The number of benzene rings is 1. The van der Waals surface area contributed by atoms with Gasteiger partial charge < -0.3 is 9.64 Å². The lowest BCUT2D eigenvalue weighted by molar-refractivity contribution is -0.149. The second-order valence-corrected chi connectivity index (χ2v) is 8.56. The van der Waals surface area contributed by atoms with Crippen LogP contribution in [0.15, 0.2) is 35.1 Å². The first-order chi connectivity index (χ1) is 15.4. The smallest absolute Gasteiger partial charge is 0.308 e. The van der Waals surface area contributed by atoms with Crippen LogP contribution in [0.1, 0.15) is 44.9 Å². The summed E-state index contributed by atoms with van der Waals surface area (Å²) in [5, 5.41) is 0.617. The van der Waals surface area contributed by atoms with E-state index in [9.17, 15) is 14.4 Å². The zero-order valence-corrected chi connectivity index (χ0v) is 19.4. The number of amides is 1. The maximum atomic E-state index is 13.0. The summed E-state index contributed by atoms with van der Waals surface area (Å²) in [6, 6.07) is 8.68. The van der Waals surface area contributed by atoms with Gasteiger partial charge in [-0.3, -0.25) is 19.0 Å². The van der Waals surface area contributed by atoms with E-state index in [-0.39, 0.29) is 29.9 Å². The molecule has 8 heteroatoms. The molecule has 0 saturated carbocycles. The molecule has 1 aliphatic rings. The summed E-state index contributed by atoms with van der Waals surface area (Å²) in [5.74, 6) is 0.0899. The van der Waals surface area contributed by atoms with Gasteiger partial charge in [0.15, 0.2) is 0 Å². The summed E-state index contributed by atoms with van der Waals surface area (Å²) in [6.07, 6.45) is 4.74. The van der Waals surface area contributed by atoms with E-state index >= 15 is 0 Å². The molecule has 1 aliphatic heterocycles. The molecule has 0 unspecified atom stereocenters. The Bertz CT molecular complexity index is 995. The Hall–Kier alpha value is -2.67. The molecule has 1 fully saturated rings. The lowest BCUT2D eigenvalue weighted by Gasteiger charge is -2.31. The summed E-state index contributed by atoms with van der Waals surface area (Å²) in [5.41, 5.74) is 1.15. The molecule has 2 heterocycles.